The van der Waals surface area contributed by atoms with Gasteiger partial charge in [-0.15, -0.1) is 36.6 Å². The van der Waals surface area contributed by atoms with Gasteiger partial charge in [0, 0.05) is 10.6 Å². The summed E-state index contributed by atoms with van der Waals surface area (Å²) in [4.78, 5) is 1.10. The van der Waals surface area contributed by atoms with Gasteiger partial charge in [-0.3, -0.25) is 0 Å². The lowest BCUT2D eigenvalue weighted by Crippen LogP contribution is -2.03. The van der Waals surface area contributed by atoms with Gasteiger partial charge in [-0.1, -0.05) is 12.1 Å². The van der Waals surface area contributed by atoms with Gasteiger partial charge in [0.1, 0.15) is 12.9 Å². The number of hydrogen-bond donors (Lipinski definition) is 1. The summed E-state index contributed by atoms with van der Waals surface area (Å²) in [7, 11) is 0. The van der Waals surface area contributed by atoms with Crippen LogP contribution in [0, 0.1) is 0 Å². The molecule has 0 bridgehead atoms. The van der Waals surface area contributed by atoms with Gasteiger partial charge in [0.15, 0.2) is 0 Å². The maximum Gasteiger partial charge on any atom is 0.147 e. The maximum absolute atomic E-state index is 5.88. The Morgan fingerprint density at radius 1 is 1.38 bits per heavy atom. The van der Waals surface area contributed by atoms with Crippen LogP contribution in [-0.2, 0) is 9.47 Å². The second-order valence-electron chi connectivity index (χ2n) is 3.11. The molecule has 92 valence electrons. The highest BCUT2D eigenvalue weighted by molar-refractivity contribution is 7.98. The summed E-state index contributed by atoms with van der Waals surface area (Å²) >= 11 is 1.65. The molecule has 0 saturated carbocycles. The van der Waals surface area contributed by atoms with Gasteiger partial charge in [-0.05, 0) is 17.9 Å². The third-order valence-electron chi connectivity index (χ3n) is 2.25. The van der Waals surface area contributed by atoms with E-state index >= 15 is 0 Å². The predicted molar refractivity (Wildman–Crippen MR) is 71.8 cm³/mol. The summed E-state index contributed by atoms with van der Waals surface area (Å²) in [5.74, 6) is 0. The number of nitrogens with two attached hydrogens (primary N) is 1. The molecule has 1 atom stereocenters. The molecular weight excluding hydrogens is 269 g/mol. The molecule has 0 amide bonds. The molecule has 0 aliphatic carbocycles. The zero-order chi connectivity index (χ0) is 9.97. The molecule has 1 heterocycles. The van der Waals surface area contributed by atoms with E-state index in [0.717, 1.165) is 16.1 Å². The number of thioether (sulfide) groups is 1. The quantitative estimate of drug-likeness (QED) is 0.670. The first-order chi connectivity index (χ1) is 6.83. The molecular formula is C10H15Cl2NO2S. The van der Waals surface area contributed by atoms with E-state index in [4.69, 9.17) is 15.2 Å². The zero-order valence-corrected chi connectivity index (χ0v) is 11.3. The first-order valence-electron chi connectivity index (χ1n) is 4.44. The molecule has 1 aromatic carbocycles. The van der Waals surface area contributed by atoms with Crippen LogP contribution in [0.4, 0.5) is 5.69 Å². The number of halogens is 2. The van der Waals surface area contributed by atoms with Gasteiger partial charge in [0.05, 0.1) is 6.61 Å². The fourth-order valence-corrected chi connectivity index (χ4v) is 2.31. The van der Waals surface area contributed by atoms with E-state index < -0.39 is 0 Å². The van der Waals surface area contributed by atoms with Crippen molar-refractivity contribution in [2.75, 3.05) is 25.4 Å². The van der Waals surface area contributed by atoms with E-state index in [-0.39, 0.29) is 30.9 Å². The third-order valence-corrected chi connectivity index (χ3v) is 3.13. The highest BCUT2D eigenvalue weighted by Gasteiger charge is 2.21. The van der Waals surface area contributed by atoms with Crippen molar-refractivity contribution in [1.29, 1.82) is 0 Å². The molecule has 1 aromatic rings. The minimum Gasteiger partial charge on any atom is -0.398 e. The van der Waals surface area contributed by atoms with Crippen LogP contribution in [0.5, 0.6) is 0 Å². The maximum atomic E-state index is 5.88. The Kier molecular flexibility index (Phi) is 7.19. The van der Waals surface area contributed by atoms with Gasteiger partial charge < -0.3 is 15.2 Å². The molecule has 1 fully saturated rings. The molecule has 2 rings (SSSR count). The number of ether oxygens (including phenoxy) is 2. The normalized spacial score (nSPS) is 18.7. The lowest BCUT2D eigenvalue weighted by Gasteiger charge is -2.13. The van der Waals surface area contributed by atoms with Gasteiger partial charge in [-0.25, -0.2) is 0 Å². The van der Waals surface area contributed by atoms with E-state index in [0.29, 0.717) is 13.4 Å². The van der Waals surface area contributed by atoms with Crippen molar-refractivity contribution >= 4 is 42.3 Å². The largest absolute Gasteiger partial charge is 0.398 e. The SMILES string of the molecule is CSc1c(N)cccc1C1COCO1.Cl.Cl. The first-order valence-corrected chi connectivity index (χ1v) is 5.67. The van der Waals surface area contributed by atoms with E-state index in [9.17, 15) is 0 Å². The fourth-order valence-electron chi connectivity index (χ4n) is 1.58. The summed E-state index contributed by atoms with van der Waals surface area (Å²) in [6, 6.07) is 5.90. The van der Waals surface area contributed by atoms with E-state index in [1.54, 1.807) is 11.8 Å². The van der Waals surface area contributed by atoms with Crippen molar-refractivity contribution in [1.82, 2.24) is 0 Å². The number of rotatable bonds is 2. The van der Waals surface area contributed by atoms with Crippen LogP contribution in [0.2, 0.25) is 0 Å². The molecule has 0 aromatic heterocycles. The van der Waals surface area contributed by atoms with Crippen molar-refractivity contribution in [2.24, 2.45) is 0 Å². The summed E-state index contributed by atoms with van der Waals surface area (Å²) < 4.78 is 10.6. The lowest BCUT2D eigenvalue weighted by atomic mass is 10.1. The first kappa shape index (κ1) is 15.9. The molecule has 1 aliphatic rings. The van der Waals surface area contributed by atoms with Gasteiger partial charge >= 0.3 is 0 Å². The van der Waals surface area contributed by atoms with Crippen molar-refractivity contribution in [3.8, 4) is 0 Å². The Hall–Kier alpha value is -0.130. The average molecular weight is 284 g/mol. The van der Waals surface area contributed by atoms with Gasteiger partial charge in [0.2, 0.25) is 0 Å². The Labute approximate surface area is 112 Å². The molecule has 1 unspecified atom stereocenters. The zero-order valence-electron chi connectivity index (χ0n) is 8.84. The van der Waals surface area contributed by atoms with Crippen molar-refractivity contribution in [3.05, 3.63) is 23.8 Å². The lowest BCUT2D eigenvalue weighted by molar-refractivity contribution is 0.0460. The van der Waals surface area contributed by atoms with Crippen molar-refractivity contribution < 1.29 is 9.47 Å². The summed E-state index contributed by atoms with van der Waals surface area (Å²) in [5.41, 5.74) is 7.83. The van der Waals surface area contributed by atoms with Crippen LogP contribution in [0.15, 0.2) is 23.1 Å². The summed E-state index contributed by atoms with van der Waals surface area (Å²) in [5, 5.41) is 0. The van der Waals surface area contributed by atoms with E-state index in [1.807, 2.05) is 24.5 Å². The number of nitrogen functional groups attached to an aromatic ring is 1. The average Bonchev–Trinajstić information content (AvgIpc) is 2.70. The molecule has 6 heteroatoms. The van der Waals surface area contributed by atoms with Crippen molar-refractivity contribution in [2.45, 2.75) is 11.0 Å². The number of benzene rings is 1. The highest BCUT2D eigenvalue weighted by atomic mass is 35.5. The monoisotopic (exact) mass is 283 g/mol. The fraction of sp³-hybridized carbons (Fsp3) is 0.400. The van der Waals surface area contributed by atoms with E-state index in [1.165, 1.54) is 0 Å². The summed E-state index contributed by atoms with van der Waals surface area (Å²) in [6.45, 7) is 1.00. The topological polar surface area (TPSA) is 44.5 Å². The number of anilines is 1. The van der Waals surface area contributed by atoms with Crippen LogP contribution in [0.25, 0.3) is 0 Å². The van der Waals surface area contributed by atoms with Crippen LogP contribution < -0.4 is 5.73 Å². The Bertz CT molecular complexity index is 333. The van der Waals surface area contributed by atoms with Crippen LogP contribution >= 0.6 is 36.6 Å². The molecule has 1 aliphatic heterocycles. The minimum atomic E-state index is 0. The van der Waals surface area contributed by atoms with Gasteiger partial charge in [0.25, 0.3) is 0 Å². The Morgan fingerprint density at radius 2 is 2.12 bits per heavy atom. The molecule has 3 nitrogen and oxygen atoms in total. The standard InChI is InChI=1S/C10H13NO2S.2ClH/c1-14-10-7(3-2-4-8(10)11)9-5-12-6-13-9;;/h2-4,9H,5-6,11H2,1H3;2*1H. The van der Waals surface area contributed by atoms with E-state index in [2.05, 4.69) is 0 Å². The van der Waals surface area contributed by atoms with Crippen molar-refractivity contribution in [3.63, 3.8) is 0 Å². The molecule has 0 radical (unpaired) electrons. The van der Waals surface area contributed by atoms with Crippen LogP contribution in [-0.4, -0.2) is 19.7 Å². The molecule has 2 N–H and O–H groups in total. The molecule has 16 heavy (non-hydrogen) atoms. The molecule has 0 spiro atoms. The smallest absolute Gasteiger partial charge is 0.147 e. The Balaban J connectivity index is 0.00000112. The third kappa shape index (κ3) is 3.18. The Morgan fingerprint density at radius 3 is 2.69 bits per heavy atom. The van der Waals surface area contributed by atoms with Crippen LogP contribution in [0.3, 0.4) is 0 Å². The predicted octanol–water partition coefficient (Wildman–Crippen LogP) is 2.88. The molecule has 1 saturated heterocycles. The second-order valence-corrected chi connectivity index (χ2v) is 3.93. The highest BCUT2D eigenvalue weighted by Crippen LogP contribution is 2.34. The second kappa shape index (κ2) is 7.25. The van der Waals surface area contributed by atoms with Gasteiger partial charge in [-0.2, -0.15) is 0 Å². The minimum absolute atomic E-state index is 0. The number of hydrogen-bond acceptors (Lipinski definition) is 4. The summed E-state index contributed by atoms with van der Waals surface area (Å²) in [6.07, 6.45) is 2.06. The van der Waals surface area contributed by atoms with Crippen LogP contribution in [0.1, 0.15) is 11.7 Å².